The van der Waals surface area contributed by atoms with Crippen LogP contribution in [0.3, 0.4) is 0 Å². The summed E-state index contributed by atoms with van der Waals surface area (Å²) in [5, 5.41) is 3.61. The van der Waals surface area contributed by atoms with Crippen molar-refractivity contribution < 1.29 is 36.0 Å². The summed E-state index contributed by atoms with van der Waals surface area (Å²) in [7, 11) is 0. The maximum absolute atomic E-state index is 13.7. The van der Waals surface area contributed by atoms with Crippen molar-refractivity contribution in [2.24, 2.45) is 0 Å². The maximum atomic E-state index is 13.7. The molecule has 0 unspecified atom stereocenters. The first-order chi connectivity index (χ1) is 12.7. The summed E-state index contributed by atoms with van der Waals surface area (Å²) in [6.45, 7) is -0.341. The summed E-state index contributed by atoms with van der Waals surface area (Å²) in [4.78, 5) is 11.9. The highest BCUT2D eigenvalue weighted by atomic mass is 19.4. The quantitative estimate of drug-likeness (QED) is 0.470. The molecule has 0 saturated carbocycles. The Balaban J connectivity index is 1.65. The van der Waals surface area contributed by atoms with Crippen LogP contribution in [0.15, 0.2) is 53.1 Å². The number of alkyl halides is 3. The van der Waals surface area contributed by atoms with Crippen molar-refractivity contribution in [3.63, 3.8) is 0 Å². The fraction of sp³-hybridized carbons (Fsp3) is 0.111. The van der Waals surface area contributed by atoms with E-state index in [2.05, 4.69) is 5.16 Å². The SMILES string of the molecule is O=C(OCc1cc(-c2ccc(F)cc2F)on1)c1ccc(C(F)(F)F)cc1. The van der Waals surface area contributed by atoms with Gasteiger partial charge in [0.25, 0.3) is 0 Å². The molecule has 27 heavy (non-hydrogen) atoms. The average molecular weight is 383 g/mol. The number of ether oxygens (including phenoxy) is 1. The lowest BCUT2D eigenvalue weighted by Gasteiger charge is -2.07. The van der Waals surface area contributed by atoms with Crippen LogP contribution in [-0.4, -0.2) is 11.1 Å². The number of hydrogen-bond acceptors (Lipinski definition) is 4. The number of hydrogen-bond donors (Lipinski definition) is 0. The molecule has 2 aromatic carbocycles. The van der Waals surface area contributed by atoms with Crippen LogP contribution in [0, 0.1) is 11.6 Å². The third-order valence-electron chi connectivity index (χ3n) is 3.55. The summed E-state index contributed by atoms with van der Waals surface area (Å²) < 4.78 is 74.0. The van der Waals surface area contributed by atoms with Crippen molar-refractivity contribution in [3.8, 4) is 11.3 Å². The summed E-state index contributed by atoms with van der Waals surface area (Å²) in [6, 6.07) is 7.72. The van der Waals surface area contributed by atoms with Gasteiger partial charge in [0, 0.05) is 12.1 Å². The third-order valence-corrected chi connectivity index (χ3v) is 3.55. The number of halogens is 5. The molecule has 0 aliphatic carbocycles. The normalized spacial score (nSPS) is 11.4. The van der Waals surface area contributed by atoms with Gasteiger partial charge in [-0.15, -0.1) is 0 Å². The highest BCUT2D eigenvalue weighted by Crippen LogP contribution is 2.29. The minimum Gasteiger partial charge on any atom is -0.455 e. The van der Waals surface area contributed by atoms with E-state index in [4.69, 9.17) is 9.26 Å². The van der Waals surface area contributed by atoms with Gasteiger partial charge in [0.15, 0.2) is 5.76 Å². The molecule has 0 N–H and O–H groups in total. The Morgan fingerprint density at radius 3 is 2.37 bits per heavy atom. The van der Waals surface area contributed by atoms with Gasteiger partial charge in [-0.3, -0.25) is 0 Å². The Labute approximate surface area is 149 Å². The van der Waals surface area contributed by atoms with Crippen LogP contribution < -0.4 is 0 Å². The Hall–Kier alpha value is -3.23. The number of benzene rings is 2. The van der Waals surface area contributed by atoms with Gasteiger partial charge in [0.2, 0.25) is 0 Å². The zero-order valence-electron chi connectivity index (χ0n) is 13.4. The molecule has 0 radical (unpaired) electrons. The van der Waals surface area contributed by atoms with Crippen LogP contribution in [-0.2, 0) is 17.5 Å². The molecule has 0 spiro atoms. The number of esters is 1. The summed E-state index contributed by atoms with van der Waals surface area (Å²) in [5.74, 6) is -2.45. The fourth-order valence-corrected chi connectivity index (χ4v) is 2.21. The largest absolute Gasteiger partial charge is 0.455 e. The molecule has 4 nitrogen and oxygen atoms in total. The first kappa shape index (κ1) is 18.6. The van der Waals surface area contributed by atoms with Crippen LogP contribution in [0.25, 0.3) is 11.3 Å². The second-order valence-electron chi connectivity index (χ2n) is 5.46. The molecule has 0 atom stereocenters. The van der Waals surface area contributed by atoms with E-state index in [9.17, 15) is 26.7 Å². The highest BCUT2D eigenvalue weighted by molar-refractivity contribution is 5.89. The van der Waals surface area contributed by atoms with Crippen molar-refractivity contribution in [2.75, 3.05) is 0 Å². The maximum Gasteiger partial charge on any atom is 0.416 e. The smallest absolute Gasteiger partial charge is 0.416 e. The highest BCUT2D eigenvalue weighted by Gasteiger charge is 2.30. The standard InChI is InChI=1S/C18H10F5NO3/c19-12-5-6-14(15(20)7-12)16-8-13(24-27-16)9-26-17(25)10-1-3-11(4-2-10)18(21,22)23/h1-8H,9H2. The lowest BCUT2D eigenvalue weighted by Crippen LogP contribution is -2.08. The monoisotopic (exact) mass is 383 g/mol. The molecular formula is C18H10F5NO3. The molecule has 1 heterocycles. The summed E-state index contributed by atoms with van der Waals surface area (Å²) >= 11 is 0. The van der Waals surface area contributed by atoms with Crippen molar-refractivity contribution in [1.29, 1.82) is 0 Å². The molecule has 0 amide bonds. The third kappa shape index (κ3) is 4.30. The van der Waals surface area contributed by atoms with Crippen molar-refractivity contribution in [2.45, 2.75) is 12.8 Å². The number of aromatic nitrogens is 1. The molecule has 0 aliphatic heterocycles. The minimum atomic E-state index is -4.50. The van der Waals surface area contributed by atoms with Crippen molar-refractivity contribution in [3.05, 3.63) is 77.0 Å². The van der Waals surface area contributed by atoms with Crippen molar-refractivity contribution in [1.82, 2.24) is 5.16 Å². The van der Waals surface area contributed by atoms with Crippen LogP contribution in [0.2, 0.25) is 0 Å². The first-order valence-corrected chi connectivity index (χ1v) is 7.49. The van der Waals surface area contributed by atoms with Gasteiger partial charge in [-0.25, -0.2) is 13.6 Å². The molecule has 9 heteroatoms. The molecular weight excluding hydrogens is 373 g/mol. The van der Waals surface area contributed by atoms with Gasteiger partial charge >= 0.3 is 12.1 Å². The topological polar surface area (TPSA) is 52.3 Å². The Morgan fingerprint density at radius 2 is 1.74 bits per heavy atom. The predicted octanol–water partition coefficient (Wildman–Crippen LogP) is 5.00. The van der Waals surface area contributed by atoms with Gasteiger partial charge in [-0.2, -0.15) is 13.2 Å². The predicted molar refractivity (Wildman–Crippen MR) is 82.4 cm³/mol. The van der Waals surface area contributed by atoms with Crippen molar-refractivity contribution >= 4 is 5.97 Å². The zero-order valence-corrected chi connectivity index (χ0v) is 13.4. The van der Waals surface area contributed by atoms with Crippen LogP contribution in [0.5, 0.6) is 0 Å². The molecule has 0 bridgehead atoms. The minimum absolute atomic E-state index is 0.00748. The van der Waals surface area contributed by atoms with Gasteiger partial charge < -0.3 is 9.26 Å². The van der Waals surface area contributed by atoms with E-state index in [1.807, 2.05) is 0 Å². The molecule has 0 saturated heterocycles. The lowest BCUT2D eigenvalue weighted by molar-refractivity contribution is -0.137. The van der Waals surface area contributed by atoms with E-state index in [1.165, 1.54) is 12.1 Å². The van der Waals surface area contributed by atoms with Gasteiger partial charge in [-0.05, 0) is 36.4 Å². The van der Waals surface area contributed by atoms with Gasteiger partial charge in [0.05, 0.1) is 16.7 Å². The van der Waals surface area contributed by atoms with E-state index in [-0.39, 0.29) is 29.2 Å². The van der Waals surface area contributed by atoms with Crippen LogP contribution >= 0.6 is 0 Å². The van der Waals surface area contributed by atoms with Gasteiger partial charge in [-0.1, -0.05) is 5.16 Å². The molecule has 0 fully saturated rings. The Bertz CT molecular complexity index is 964. The number of carbonyl (C=O) groups is 1. The Morgan fingerprint density at radius 1 is 1.04 bits per heavy atom. The molecule has 0 aliphatic rings. The summed E-state index contributed by atoms with van der Waals surface area (Å²) in [5.41, 5.74) is -0.837. The number of carbonyl (C=O) groups excluding carboxylic acids is 1. The van der Waals surface area contributed by atoms with E-state index in [0.717, 1.165) is 30.3 Å². The number of nitrogens with zero attached hydrogens (tertiary/aromatic N) is 1. The van der Waals surface area contributed by atoms with Crippen LogP contribution in [0.4, 0.5) is 22.0 Å². The molecule has 1 aromatic heterocycles. The van der Waals surface area contributed by atoms with E-state index in [0.29, 0.717) is 6.07 Å². The summed E-state index contributed by atoms with van der Waals surface area (Å²) in [6.07, 6.45) is -4.50. The van der Waals surface area contributed by atoms with E-state index in [1.54, 1.807) is 0 Å². The molecule has 3 aromatic rings. The van der Waals surface area contributed by atoms with Crippen LogP contribution in [0.1, 0.15) is 21.6 Å². The fourth-order valence-electron chi connectivity index (χ4n) is 2.21. The van der Waals surface area contributed by atoms with E-state index < -0.39 is 29.3 Å². The number of rotatable bonds is 4. The lowest BCUT2D eigenvalue weighted by atomic mass is 10.1. The Kier molecular flexibility index (Phi) is 4.93. The zero-order chi connectivity index (χ0) is 19.6. The second-order valence-corrected chi connectivity index (χ2v) is 5.46. The second kappa shape index (κ2) is 7.18. The molecule has 140 valence electrons. The first-order valence-electron chi connectivity index (χ1n) is 7.49. The molecule has 3 rings (SSSR count). The van der Waals surface area contributed by atoms with E-state index >= 15 is 0 Å². The van der Waals surface area contributed by atoms with Gasteiger partial charge in [0.1, 0.15) is 23.9 Å². The average Bonchev–Trinajstić information content (AvgIpc) is 3.07.